The molecule has 2 aliphatic heterocycles. The van der Waals surface area contributed by atoms with Crippen molar-refractivity contribution in [2.45, 2.75) is 18.9 Å². The number of hydrogen-bond donors (Lipinski definition) is 1. The van der Waals surface area contributed by atoms with Gasteiger partial charge in [-0.05, 0) is 24.3 Å². The van der Waals surface area contributed by atoms with Gasteiger partial charge >= 0.3 is 0 Å². The predicted molar refractivity (Wildman–Crippen MR) is 116 cm³/mol. The minimum Gasteiger partial charge on any atom is -0.490 e. The van der Waals surface area contributed by atoms with Crippen LogP contribution in [0.15, 0.2) is 72.8 Å². The van der Waals surface area contributed by atoms with E-state index in [4.69, 9.17) is 9.47 Å². The van der Waals surface area contributed by atoms with E-state index in [2.05, 4.69) is 5.32 Å². The molecule has 5 rings (SSSR count). The quantitative estimate of drug-likeness (QED) is 0.695. The summed E-state index contributed by atoms with van der Waals surface area (Å²) < 4.78 is 11.6. The van der Waals surface area contributed by atoms with Crippen LogP contribution in [-0.4, -0.2) is 25.0 Å². The third kappa shape index (κ3) is 3.72. The third-order valence-electron chi connectivity index (χ3n) is 5.58. The normalized spacial score (nSPS) is 14.4. The maximum atomic E-state index is 12.8. The standard InChI is InChI=1S/C25H22N2O4/c28-23(13-14-24(29)27-15-16-30-22-12-6-3-9-19(22)27)26-25-17-7-1-4-10-20(17)31-21-11-5-2-8-18(21)25/h1-12,25H,13-16H2,(H,26,28). The van der Waals surface area contributed by atoms with Crippen molar-refractivity contribution < 1.29 is 19.1 Å². The Morgan fingerprint density at radius 3 is 2.16 bits per heavy atom. The van der Waals surface area contributed by atoms with Gasteiger partial charge in [-0.1, -0.05) is 48.5 Å². The van der Waals surface area contributed by atoms with Crippen LogP contribution in [0, 0.1) is 0 Å². The summed E-state index contributed by atoms with van der Waals surface area (Å²) in [5, 5.41) is 3.09. The highest BCUT2D eigenvalue weighted by molar-refractivity contribution is 5.97. The van der Waals surface area contributed by atoms with Crippen LogP contribution < -0.4 is 19.7 Å². The number of nitrogens with one attached hydrogen (secondary N) is 1. The summed E-state index contributed by atoms with van der Waals surface area (Å²) in [6.45, 7) is 0.933. The maximum absolute atomic E-state index is 12.8. The number of amides is 2. The van der Waals surface area contributed by atoms with Gasteiger partial charge in [0.25, 0.3) is 0 Å². The molecule has 156 valence electrons. The van der Waals surface area contributed by atoms with Gasteiger partial charge in [0.1, 0.15) is 23.9 Å². The number of ether oxygens (including phenoxy) is 2. The molecule has 0 saturated carbocycles. The van der Waals surface area contributed by atoms with Gasteiger partial charge in [-0.15, -0.1) is 0 Å². The lowest BCUT2D eigenvalue weighted by Gasteiger charge is -2.30. The van der Waals surface area contributed by atoms with Gasteiger partial charge in [-0.2, -0.15) is 0 Å². The van der Waals surface area contributed by atoms with Gasteiger partial charge in [0.15, 0.2) is 0 Å². The lowest BCUT2D eigenvalue weighted by atomic mass is 9.94. The van der Waals surface area contributed by atoms with Crippen LogP contribution in [-0.2, 0) is 9.59 Å². The fraction of sp³-hybridized carbons (Fsp3) is 0.200. The number of nitrogens with zero attached hydrogens (tertiary/aromatic N) is 1. The number of hydrogen-bond acceptors (Lipinski definition) is 4. The molecule has 0 radical (unpaired) electrons. The summed E-state index contributed by atoms with van der Waals surface area (Å²) in [5.74, 6) is 1.90. The number of fused-ring (bicyclic) bond motifs is 3. The van der Waals surface area contributed by atoms with E-state index in [1.54, 1.807) is 4.90 Å². The average Bonchev–Trinajstić information content (AvgIpc) is 2.82. The molecule has 1 N–H and O–H groups in total. The van der Waals surface area contributed by atoms with E-state index in [0.29, 0.717) is 18.9 Å². The van der Waals surface area contributed by atoms with E-state index in [1.165, 1.54) is 0 Å². The number of para-hydroxylation sites is 4. The highest BCUT2D eigenvalue weighted by Crippen LogP contribution is 2.42. The summed E-state index contributed by atoms with van der Waals surface area (Å²) in [6, 6.07) is 22.5. The minimum absolute atomic E-state index is 0.0846. The molecule has 2 amide bonds. The van der Waals surface area contributed by atoms with E-state index in [-0.39, 0.29) is 30.7 Å². The first kappa shape index (κ1) is 19.2. The Morgan fingerprint density at radius 1 is 0.839 bits per heavy atom. The summed E-state index contributed by atoms with van der Waals surface area (Å²) in [6.07, 6.45) is 0.243. The molecular weight excluding hydrogens is 392 g/mol. The number of anilines is 1. The highest BCUT2D eigenvalue weighted by atomic mass is 16.5. The van der Waals surface area contributed by atoms with Crippen molar-refractivity contribution in [1.82, 2.24) is 5.32 Å². The maximum Gasteiger partial charge on any atom is 0.227 e. The summed E-state index contributed by atoms with van der Waals surface area (Å²) in [7, 11) is 0. The summed E-state index contributed by atoms with van der Waals surface area (Å²) >= 11 is 0. The third-order valence-corrected chi connectivity index (χ3v) is 5.58. The Morgan fingerprint density at radius 2 is 1.45 bits per heavy atom. The SMILES string of the molecule is O=C(CCC(=O)N1CCOc2ccccc21)NC1c2ccccc2Oc2ccccc21. The zero-order valence-corrected chi connectivity index (χ0v) is 16.9. The number of carbonyl (C=O) groups excluding carboxylic acids is 2. The molecule has 3 aromatic rings. The van der Waals surface area contributed by atoms with Crippen LogP contribution in [0.1, 0.15) is 30.0 Å². The summed E-state index contributed by atoms with van der Waals surface area (Å²) in [5.41, 5.74) is 2.57. The molecule has 2 aliphatic rings. The van der Waals surface area contributed by atoms with Crippen molar-refractivity contribution in [1.29, 1.82) is 0 Å². The molecule has 0 unspecified atom stereocenters. The molecular formula is C25H22N2O4. The molecule has 2 heterocycles. The first-order chi connectivity index (χ1) is 15.2. The van der Waals surface area contributed by atoms with Crippen molar-refractivity contribution in [2.24, 2.45) is 0 Å². The Bertz CT molecular complexity index is 1100. The Labute approximate surface area is 180 Å². The van der Waals surface area contributed by atoms with Crippen molar-refractivity contribution in [2.75, 3.05) is 18.1 Å². The van der Waals surface area contributed by atoms with Crippen molar-refractivity contribution in [3.05, 3.63) is 83.9 Å². The Hall–Kier alpha value is -3.80. The van der Waals surface area contributed by atoms with Crippen LogP contribution >= 0.6 is 0 Å². The molecule has 6 heteroatoms. The monoisotopic (exact) mass is 414 g/mol. The average molecular weight is 414 g/mol. The molecule has 0 spiro atoms. The van der Waals surface area contributed by atoms with Crippen LogP contribution in [0.5, 0.6) is 17.2 Å². The second-order valence-corrected chi connectivity index (χ2v) is 7.54. The molecule has 6 nitrogen and oxygen atoms in total. The fourth-order valence-corrected chi connectivity index (χ4v) is 4.08. The van der Waals surface area contributed by atoms with E-state index in [1.807, 2.05) is 72.8 Å². The lowest BCUT2D eigenvalue weighted by molar-refractivity contribution is -0.125. The number of benzene rings is 3. The number of carbonyl (C=O) groups is 2. The van der Waals surface area contributed by atoms with Gasteiger partial charge in [0.05, 0.1) is 18.3 Å². The molecule has 0 atom stereocenters. The molecule has 0 saturated heterocycles. The van der Waals surface area contributed by atoms with Gasteiger partial charge < -0.3 is 19.7 Å². The lowest BCUT2D eigenvalue weighted by Crippen LogP contribution is -2.38. The molecule has 0 fully saturated rings. The molecule has 0 aromatic heterocycles. The van der Waals surface area contributed by atoms with Crippen molar-refractivity contribution in [3.8, 4) is 17.2 Å². The zero-order chi connectivity index (χ0) is 21.2. The first-order valence-electron chi connectivity index (χ1n) is 10.4. The van der Waals surface area contributed by atoms with Gasteiger partial charge in [0, 0.05) is 24.0 Å². The number of rotatable bonds is 4. The van der Waals surface area contributed by atoms with Crippen molar-refractivity contribution in [3.63, 3.8) is 0 Å². The van der Waals surface area contributed by atoms with E-state index in [0.717, 1.165) is 28.3 Å². The first-order valence-corrected chi connectivity index (χ1v) is 10.4. The Kier molecular flexibility index (Phi) is 5.04. The van der Waals surface area contributed by atoms with Crippen LogP contribution in [0.3, 0.4) is 0 Å². The summed E-state index contributed by atoms with van der Waals surface area (Å²) in [4.78, 5) is 27.3. The second-order valence-electron chi connectivity index (χ2n) is 7.54. The molecule has 0 aliphatic carbocycles. The van der Waals surface area contributed by atoms with Gasteiger partial charge in [-0.3, -0.25) is 9.59 Å². The topological polar surface area (TPSA) is 67.9 Å². The van der Waals surface area contributed by atoms with Gasteiger partial charge in [0.2, 0.25) is 11.8 Å². The van der Waals surface area contributed by atoms with E-state index >= 15 is 0 Å². The van der Waals surface area contributed by atoms with Crippen molar-refractivity contribution >= 4 is 17.5 Å². The van der Waals surface area contributed by atoms with Crippen LogP contribution in [0.25, 0.3) is 0 Å². The van der Waals surface area contributed by atoms with E-state index in [9.17, 15) is 9.59 Å². The largest absolute Gasteiger partial charge is 0.490 e. The molecule has 0 bridgehead atoms. The zero-order valence-electron chi connectivity index (χ0n) is 16.9. The smallest absolute Gasteiger partial charge is 0.227 e. The highest BCUT2D eigenvalue weighted by Gasteiger charge is 2.29. The molecule has 3 aromatic carbocycles. The predicted octanol–water partition coefficient (Wildman–Crippen LogP) is 4.20. The van der Waals surface area contributed by atoms with Crippen LogP contribution in [0.4, 0.5) is 5.69 Å². The minimum atomic E-state index is -0.312. The molecule has 31 heavy (non-hydrogen) atoms. The van der Waals surface area contributed by atoms with E-state index < -0.39 is 0 Å². The van der Waals surface area contributed by atoms with Gasteiger partial charge in [-0.25, -0.2) is 0 Å². The van der Waals surface area contributed by atoms with Crippen LogP contribution in [0.2, 0.25) is 0 Å². The fourth-order valence-electron chi connectivity index (χ4n) is 4.08. The second kappa shape index (κ2) is 8.14. The Balaban J connectivity index is 1.28.